The third-order valence-electron chi connectivity index (χ3n) is 12.7. The van der Waals surface area contributed by atoms with Gasteiger partial charge in [-0.05, 0) is 95.9 Å². The molecule has 0 bridgehead atoms. The SMILES string of the molecule is CCCC1CCCCC1CCCOc1ccc(CO[C@H](c2ccccc2)[C@H](OCc2ccc(OCCCC3CCCCC3CCC)cc2)c2ccccc2)cc1. The predicted molar refractivity (Wildman–Crippen MR) is 231 cm³/mol. The first-order valence-electron chi connectivity index (χ1n) is 22.5. The summed E-state index contributed by atoms with van der Waals surface area (Å²) in [5, 5.41) is 0. The minimum absolute atomic E-state index is 0.297. The minimum Gasteiger partial charge on any atom is -0.494 e. The molecule has 6 rings (SSSR count). The Hall–Kier alpha value is -3.60. The Bertz CT molecular complexity index is 1480. The van der Waals surface area contributed by atoms with Crippen molar-refractivity contribution in [3.8, 4) is 11.5 Å². The first kappa shape index (κ1) is 42.0. The Balaban J connectivity index is 1.02. The van der Waals surface area contributed by atoms with Crippen LogP contribution in [0.1, 0.15) is 151 Å². The summed E-state index contributed by atoms with van der Waals surface area (Å²) in [7, 11) is 0. The van der Waals surface area contributed by atoms with E-state index in [9.17, 15) is 0 Å². The highest BCUT2D eigenvalue weighted by molar-refractivity contribution is 5.29. The van der Waals surface area contributed by atoms with Gasteiger partial charge in [-0.15, -0.1) is 0 Å². The van der Waals surface area contributed by atoms with Gasteiger partial charge in [0.25, 0.3) is 0 Å². The second kappa shape index (κ2) is 23.6. The van der Waals surface area contributed by atoms with Gasteiger partial charge >= 0.3 is 0 Å². The molecule has 2 fully saturated rings. The van der Waals surface area contributed by atoms with E-state index in [1.165, 1.54) is 89.9 Å². The number of benzene rings is 4. The van der Waals surface area contributed by atoms with Crippen LogP contribution in [-0.4, -0.2) is 13.2 Å². The van der Waals surface area contributed by atoms with Gasteiger partial charge in [-0.2, -0.15) is 0 Å². The smallest absolute Gasteiger partial charge is 0.119 e. The van der Waals surface area contributed by atoms with E-state index in [2.05, 4.69) is 123 Å². The summed E-state index contributed by atoms with van der Waals surface area (Å²) in [6, 6.07) is 37.9. The first-order chi connectivity index (χ1) is 27.7. The lowest BCUT2D eigenvalue weighted by Gasteiger charge is -2.31. The zero-order chi connectivity index (χ0) is 38.6. The molecule has 302 valence electrons. The quantitative estimate of drug-likeness (QED) is 0.0706. The molecule has 0 saturated heterocycles. The lowest BCUT2D eigenvalue weighted by Crippen LogP contribution is -2.20. The standard InChI is InChI=1S/C52H70O4/c1-3-17-43-19-11-13-21-45(43)27-15-37-53-49-33-29-41(30-34-49)39-55-51(47-23-7-5-8-24-47)52(48-25-9-6-10-26-48)56-40-42-31-35-50(36-32-42)54-38-16-28-46-22-14-12-20-44(46)18-4-2/h5-10,23-26,29-36,43-46,51-52H,3-4,11-22,27-28,37-40H2,1-2H3/t43?,44?,45?,46?,51-,52-/m1/s1. The summed E-state index contributed by atoms with van der Waals surface area (Å²) in [6.45, 7) is 7.17. The molecule has 0 aliphatic heterocycles. The Morgan fingerprint density at radius 2 is 0.804 bits per heavy atom. The van der Waals surface area contributed by atoms with Crippen LogP contribution in [0.3, 0.4) is 0 Å². The Morgan fingerprint density at radius 3 is 1.16 bits per heavy atom. The molecule has 2 aliphatic carbocycles. The lowest BCUT2D eigenvalue weighted by atomic mass is 9.75. The molecule has 0 aromatic heterocycles. The summed E-state index contributed by atoms with van der Waals surface area (Å²) in [4.78, 5) is 0. The van der Waals surface area contributed by atoms with Crippen molar-refractivity contribution in [2.75, 3.05) is 13.2 Å². The molecule has 4 unspecified atom stereocenters. The second-order valence-corrected chi connectivity index (χ2v) is 16.7. The summed E-state index contributed by atoms with van der Waals surface area (Å²) in [6.07, 6.45) is 21.0. The molecule has 4 heteroatoms. The van der Waals surface area contributed by atoms with Crippen molar-refractivity contribution in [3.05, 3.63) is 131 Å². The maximum Gasteiger partial charge on any atom is 0.119 e. The fourth-order valence-corrected chi connectivity index (χ4v) is 9.64. The van der Waals surface area contributed by atoms with Crippen molar-refractivity contribution in [1.82, 2.24) is 0 Å². The number of hydrogen-bond donors (Lipinski definition) is 0. The summed E-state index contributed by atoms with van der Waals surface area (Å²) in [5.41, 5.74) is 4.42. The van der Waals surface area contributed by atoms with E-state index < -0.39 is 0 Å². The fraction of sp³-hybridized carbons (Fsp3) is 0.538. The number of rotatable bonds is 23. The van der Waals surface area contributed by atoms with Gasteiger partial charge < -0.3 is 18.9 Å². The van der Waals surface area contributed by atoms with Crippen molar-refractivity contribution in [2.24, 2.45) is 23.7 Å². The number of ether oxygens (including phenoxy) is 4. The van der Waals surface area contributed by atoms with E-state index in [4.69, 9.17) is 18.9 Å². The Labute approximate surface area is 339 Å². The zero-order valence-electron chi connectivity index (χ0n) is 34.6. The van der Waals surface area contributed by atoms with E-state index in [0.29, 0.717) is 13.2 Å². The van der Waals surface area contributed by atoms with E-state index in [1.54, 1.807) is 0 Å². The molecule has 4 aromatic carbocycles. The average Bonchev–Trinajstić information content (AvgIpc) is 3.25. The molecule has 4 nitrogen and oxygen atoms in total. The highest BCUT2D eigenvalue weighted by Gasteiger charge is 2.28. The maximum atomic E-state index is 6.81. The van der Waals surface area contributed by atoms with Crippen LogP contribution < -0.4 is 9.47 Å². The van der Waals surface area contributed by atoms with Gasteiger partial charge in [0.05, 0.1) is 26.4 Å². The molecule has 2 aliphatic rings. The van der Waals surface area contributed by atoms with E-state index in [-0.39, 0.29) is 12.2 Å². The normalized spacial score (nSPS) is 21.0. The van der Waals surface area contributed by atoms with E-state index in [0.717, 1.165) is 83.5 Å². The minimum atomic E-state index is -0.297. The van der Waals surface area contributed by atoms with Crippen molar-refractivity contribution >= 4 is 0 Å². The van der Waals surface area contributed by atoms with Crippen LogP contribution in [0, 0.1) is 23.7 Å². The van der Waals surface area contributed by atoms with Crippen LogP contribution in [0.2, 0.25) is 0 Å². The largest absolute Gasteiger partial charge is 0.494 e. The molecule has 0 spiro atoms. The van der Waals surface area contributed by atoms with Gasteiger partial charge in [0.15, 0.2) is 0 Å². The van der Waals surface area contributed by atoms with Gasteiger partial charge in [0, 0.05) is 0 Å². The lowest BCUT2D eigenvalue weighted by molar-refractivity contribution is -0.0908. The van der Waals surface area contributed by atoms with Gasteiger partial charge in [0.2, 0.25) is 0 Å². The molecular weight excluding hydrogens is 689 g/mol. The van der Waals surface area contributed by atoms with Crippen LogP contribution in [0.5, 0.6) is 11.5 Å². The summed E-state index contributed by atoms with van der Waals surface area (Å²) >= 11 is 0. The van der Waals surface area contributed by atoms with Crippen LogP contribution >= 0.6 is 0 Å². The predicted octanol–water partition coefficient (Wildman–Crippen LogP) is 14.4. The number of hydrogen-bond acceptors (Lipinski definition) is 4. The highest BCUT2D eigenvalue weighted by atomic mass is 16.5. The van der Waals surface area contributed by atoms with Crippen LogP contribution in [0.15, 0.2) is 109 Å². The molecule has 6 atom stereocenters. The molecule has 0 N–H and O–H groups in total. The third kappa shape index (κ3) is 13.2. The van der Waals surface area contributed by atoms with E-state index in [1.807, 2.05) is 0 Å². The monoisotopic (exact) mass is 759 g/mol. The maximum absolute atomic E-state index is 6.81. The van der Waals surface area contributed by atoms with Crippen LogP contribution in [0.4, 0.5) is 0 Å². The van der Waals surface area contributed by atoms with Gasteiger partial charge in [-0.3, -0.25) is 0 Å². The summed E-state index contributed by atoms with van der Waals surface area (Å²) < 4.78 is 26.0. The van der Waals surface area contributed by atoms with Crippen LogP contribution in [-0.2, 0) is 22.7 Å². The molecule has 0 heterocycles. The molecule has 0 amide bonds. The van der Waals surface area contributed by atoms with Gasteiger partial charge in [-0.1, -0.05) is 176 Å². The van der Waals surface area contributed by atoms with Crippen molar-refractivity contribution in [2.45, 2.75) is 142 Å². The molecule has 4 aromatic rings. The van der Waals surface area contributed by atoms with Gasteiger partial charge in [-0.25, -0.2) is 0 Å². The third-order valence-corrected chi connectivity index (χ3v) is 12.7. The topological polar surface area (TPSA) is 36.9 Å². The summed E-state index contributed by atoms with van der Waals surface area (Å²) in [5.74, 6) is 5.49. The fourth-order valence-electron chi connectivity index (χ4n) is 9.64. The van der Waals surface area contributed by atoms with Gasteiger partial charge in [0.1, 0.15) is 23.7 Å². The molecular formula is C52H70O4. The average molecular weight is 759 g/mol. The zero-order valence-corrected chi connectivity index (χ0v) is 34.6. The Kier molecular flexibility index (Phi) is 17.7. The first-order valence-corrected chi connectivity index (χ1v) is 22.5. The molecule has 2 saturated carbocycles. The van der Waals surface area contributed by atoms with Crippen molar-refractivity contribution < 1.29 is 18.9 Å². The highest BCUT2D eigenvalue weighted by Crippen LogP contribution is 2.39. The molecule has 0 radical (unpaired) electrons. The van der Waals surface area contributed by atoms with Crippen LogP contribution in [0.25, 0.3) is 0 Å². The second-order valence-electron chi connectivity index (χ2n) is 16.7. The van der Waals surface area contributed by atoms with Crippen molar-refractivity contribution in [3.63, 3.8) is 0 Å². The Morgan fingerprint density at radius 1 is 0.446 bits per heavy atom. The van der Waals surface area contributed by atoms with Crippen molar-refractivity contribution in [1.29, 1.82) is 0 Å². The molecule has 56 heavy (non-hydrogen) atoms. The van der Waals surface area contributed by atoms with E-state index >= 15 is 0 Å².